The molecule has 0 heterocycles. The van der Waals surface area contributed by atoms with Gasteiger partial charge in [0.1, 0.15) is 17.2 Å². The Hall–Kier alpha value is -4.39. The highest BCUT2D eigenvalue weighted by Gasteiger charge is 2.13. The van der Waals surface area contributed by atoms with Gasteiger partial charge in [0.15, 0.2) is 0 Å². The molecule has 216 valence electrons. The van der Waals surface area contributed by atoms with Crippen LogP contribution in [0.1, 0.15) is 77.3 Å². The average molecular weight is 559 g/mol. The number of benzene rings is 3. The Bertz CT molecular complexity index is 1290. The van der Waals surface area contributed by atoms with E-state index >= 15 is 0 Å². The van der Waals surface area contributed by atoms with E-state index in [0.717, 1.165) is 61.8 Å². The zero-order valence-corrected chi connectivity index (χ0v) is 23.9. The van der Waals surface area contributed by atoms with Crippen molar-refractivity contribution in [2.24, 2.45) is 0 Å². The Labute approximate surface area is 242 Å². The third-order valence-electron chi connectivity index (χ3n) is 6.46. The highest BCUT2D eigenvalue weighted by molar-refractivity contribution is 5.93. The molecule has 0 N–H and O–H groups in total. The molecule has 0 atom stereocenters. The summed E-state index contributed by atoms with van der Waals surface area (Å²) in [5.74, 6) is 0.185. The number of esters is 3. The van der Waals surface area contributed by atoms with Crippen LogP contribution in [0.2, 0.25) is 0 Å². The molecule has 0 amide bonds. The number of rotatable bonds is 16. The average Bonchev–Trinajstić information content (AvgIpc) is 2.99. The van der Waals surface area contributed by atoms with Gasteiger partial charge >= 0.3 is 17.9 Å². The van der Waals surface area contributed by atoms with Crippen LogP contribution in [0.4, 0.5) is 0 Å². The van der Waals surface area contributed by atoms with Crippen LogP contribution < -0.4 is 14.2 Å². The molecule has 0 saturated heterocycles. The summed E-state index contributed by atoms with van der Waals surface area (Å²) in [5, 5.41) is 0. The molecule has 3 aromatic rings. The third kappa shape index (κ3) is 10.6. The summed E-state index contributed by atoms with van der Waals surface area (Å²) in [7, 11) is 0. The molecule has 0 saturated carbocycles. The summed E-state index contributed by atoms with van der Waals surface area (Å²) in [6, 6.07) is 18.8. The second-order valence-corrected chi connectivity index (χ2v) is 9.62. The molecule has 0 spiro atoms. The van der Waals surface area contributed by atoms with E-state index in [0.29, 0.717) is 35.8 Å². The minimum atomic E-state index is -0.495. The largest absolute Gasteiger partial charge is 0.493 e. The summed E-state index contributed by atoms with van der Waals surface area (Å²) in [6.07, 6.45) is 8.14. The molecule has 0 fully saturated rings. The van der Waals surface area contributed by atoms with Crippen molar-refractivity contribution in [2.45, 2.75) is 58.8 Å². The molecule has 3 aromatic carbocycles. The molecule has 0 unspecified atom stereocenters. The maximum atomic E-state index is 12.7. The lowest BCUT2D eigenvalue weighted by Crippen LogP contribution is -2.10. The van der Waals surface area contributed by atoms with E-state index in [2.05, 4.69) is 13.5 Å². The maximum Gasteiger partial charge on any atom is 0.343 e. The van der Waals surface area contributed by atoms with E-state index in [-0.39, 0.29) is 5.97 Å². The summed E-state index contributed by atoms with van der Waals surface area (Å²) < 4.78 is 21.8. The number of ether oxygens (including phenoxy) is 4. The van der Waals surface area contributed by atoms with Crippen molar-refractivity contribution in [1.29, 1.82) is 0 Å². The predicted molar refractivity (Wildman–Crippen MR) is 158 cm³/mol. The normalized spacial score (nSPS) is 10.5. The lowest BCUT2D eigenvalue weighted by Gasteiger charge is -2.11. The van der Waals surface area contributed by atoms with Gasteiger partial charge in [-0.25, -0.2) is 14.4 Å². The van der Waals surface area contributed by atoms with Crippen LogP contribution >= 0.6 is 0 Å². The Morgan fingerprint density at radius 3 is 1.83 bits per heavy atom. The van der Waals surface area contributed by atoms with Crippen LogP contribution in [-0.4, -0.2) is 31.1 Å². The highest BCUT2D eigenvalue weighted by Crippen LogP contribution is 2.22. The van der Waals surface area contributed by atoms with Crippen LogP contribution in [0.5, 0.6) is 17.2 Å². The number of carbonyl (C=O) groups excluding carboxylic acids is 3. The van der Waals surface area contributed by atoms with Gasteiger partial charge in [0.05, 0.1) is 24.3 Å². The van der Waals surface area contributed by atoms with E-state index in [9.17, 15) is 14.4 Å². The molecule has 0 bridgehead atoms. The van der Waals surface area contributed by atoms with E-state index in [4.69, 9.17) is 18.9 Å². The van der Waals surface area contributed by atoms with Crippen LogP contribution in [0, 0.1) is 6.92 Å². The number of aryl methyl sites for hydroxylation is 2. The first-order valence-corrected chi connectivity index (χ1v) is 14.1. The summed E-state index contributed by atoms with van der Waals surface area (Å²) in [5.41, 5.74) is 2.77. The molecule has 0 aliphatic heterocycles. The second-order valence-electron chi connectivity index (χ2n) is 9.62. The molecule has 0 radical (unpaired) electrons. The van der Waals surface area contributed by atoms with Crippen molar-refractivity contribution in [3.63, 3.8) is 0 Å². The van der Waals surface area contributed by atoms with Crippen molar-refractivity contribution < 1.29 is 33.3 Å². The van der Waals surface area contributed by atoms with Crippen LogP contribution in [-0.2, 0) is 16.0 Å². The van der Waals surface area contributed by atoms with E-state index in [1.54, 1.807) is 54.6 Å². The molecule has 41 heavy (non-hydrogen) atoms. The molecule has 7 nitrogen and oxygen atoms in total. The summed E-state index contributed by atoms with van der Waals surface area (Å²) >= 11 is 0. The quantitative estimate of drug-likeness (QED) is 0.0781. The van der Waals surface area contributed by atoms with Gasteiger partial charge in [-0.05, 0) is 91.9 Å². The first-order chi connectivity index (χ1) is 19.9. The molecule has 7 heteroatoms. The smallest absolute Gasteiger partial charge is 0.343 e. The number of carbonyl (C=O) groups is 3. The zero-order chi connectivity index (χ0) is 29.5. The molecule has 3 rings (SSSR count). The van der Waals surface area contributed by atoms with Crippen LogP contribution in [0.25, 0.3) is 0 Å². The highest BCUT2D eigenvalue weighted by atomic mass is 16.5. The molecule has 0 aliphatic rings. The monoisotopic (exact) mass is 558 g/mol. The minimum absolute atomic E-state index is 0.328. The van der Waals surface area contributed by atoms with Gasteiger partial charge in [0, 0.05) is 6.08 Å². The van der Waals surface area contributed by atoms with Crippen LogP contribution in [0.15, 0.2) is 79.4 Å². The van der Waals surface area contributed by atoms with Gasteiger partial charge in [-0.1, -0.05) is 51.3 Å². The minimum Gasteiger partial charge on any atom is -0.493 e. The summed E-state index contributed by atoms with van der Waals surface area (Å²) in [6.45, 7) is 8.36. The van der Waals surface area contributed by atoms with Crippen molar-refractivity contribution >= 4 is 17.9 Å². The second kappa shape index (κ2) is 16.7. The first kappa shape index (κ1) is 31.1. The Kier molecular flexibility index (Phi) is 12.6. The van der Waals surface area contributed by atoms with E-state index in [1.807, 2.05) is 19.1 Å². The standard InChI is InChI=1S/C34H38O7/c1-4-26-12-17-29(18-13-26)40-33(36)27-14-19-30(20-15-27)41-34(37)28-16-21-31(25(3)24-28)38-22-10-8-6-7-9-11-23-39-32(35)5-2/h5,12-21,24H,2,4,6-11,22-23H2,1,3H3. The van der Waals surface area contributed by atoms with E-state index in [1.165, 1.54) is 6.08 Å². The predicted octanol–water partition coefficient (Wildman–Crippen LogP) is 7.44. The lowest BCUT2D eigenvalue weighted by molar-refractivity contribution is -0.137. The number of unbranched alkanes of at least 4 members (excludes halogenated alkanes) is 5. The fraction of sp³-hybridized carbons (Fsp3) is 0.324. The van der Waals surface area contributed by atoms with Gasteiger partial charge in [0.2, 0.25) is 0 Å². The van der Waals surface area contributed by atoms with Gasteiger partial charge < -0.3 is 18.9 Å². The zero-order valence-electron chi connectivity index (χ0n) is 23.9. The Morgan fingerprint density at radius 1 is 0.707 bits per heavy atom. The molecular weight excluding hydrogens is 520 g/mol. The van der Waals surface area contributed by atoms with Crippen molar-refractivity contribution in [3.8, 4) is 17.2 Å². The molecular formula is C34H38O7. The lowest BCUT2D eigenvalue weighted by atomic mass is 10.1. The molecule has 0 aliphatic carbocycles. The topological polar surface area (TPSA) is 88.1 Å². The van der Waals surface area contributed by atoms with Gasteiger partial charge in [-0.15, -0.1) is 0 Å². The number of hydrogen-bond donors (Lipinski definition) is 0. The van der Waals surface area contributed by atoms with Crippen molar-refractivity contribution in [2.75, 3.05) is 13.2 Å². The first-order valence-electron chi connectivity index (χ1n) is 14.1. The number of hydrogen-bond acceptors (Lipinski definition) is 7. The van der Waals surface area contributed by atoms with Gasteiger partial charge in [0.25, 0.3) is 0 Å². The third-order valence-corrected chi connectivity index (χ3v) is 6.46. The van der Waals surface area contributed by atoms with Crippen LogP contribution in [0.3, 0.4) is 0 Å². The Balaban J connectivity index is 1.38. The fourth-order valence-electron chi connectivity index (χ4n) is 4.05. The molecule has 0 aromatic heterocycles. The summed E-state index contributed by atoms with van der Waals surface area (Å²) in [4.78, 5) is 36.1. The van der Waals surface area contributed by atoms with Gasteiger partial charge in [-0.3, -0.25) is 0 Å². The van der Waals surface area contributed by atoms with Gasteiger partial charge in [-0.2, -0.15) is 0 Å². The fourth-order valence-corrected chi connectivity index (χ4v) is 4.05. The Morgan fingerprint density at radius 2 is 1.24 bits per heavy atom. The van der Waals surface area contributed by atoms with Crippen molar-refractivity contribution in [3.05, 3.63) is 102 Å². The van der Waals surface area contributed by atoms with Crippen molar-refractivity contribution in [1.82, 2.24) is 0 Å². The maximum absolute atomic E-state index is 12.7. The van der Waals surface area contributed by atoms with E-state index < -0.39 is 11.9 Å². The SMILES string of the molecule is C=CC(=O)OCCCCCCCCOc1ccc(C(=O)Oc2ccc(C(=O)Oc3ccc(CC)cc3)cc2)cc1C.